The second-order valence-corrected chi connectivity index (χ2v) is 3.43. The molecule has 1 aromatic carbocycles. The molecule has 0 aromatic heterocycles. The van der Waals surface area contributed by atoms with Crippen LogP contribution in [0.25, 0.3) is 0 Å². The van der Waals surface area contributed by atoms with Crippen molar-refractivity contribution in [3.05, 3.63) is 28.8 Å². The average molecular weight is 213 g/mol. The van der Waals surface area contributed by atoms with Gasteiger partial charge in [0.2, 0.25) is 0 Å². The summed E-state index contributed by atoms with van der Waals surface area (Å²) in [6, 6.07) is 5.05. The molecule has 0 saturated heterocycles. The molecule has 4 heteroatoms. The molecule has 0 aliphatic heterocycles. The summed E-state index contributed by atoms with van der Waals surface area (Å²) in [6.07, 6.45) is 0. The number of hydrogen-bond acceptors (Lipinski definition) is 2. The van der Waals surface area contributed by atoms with Crippen LogP contribution >= 0.6 is 11.6 Å². The molecule has 0 unspecified atom stereocenters. The molecule has 1 rings (SSSR count). The van der Waals surface area contributed by atoms with Crippen LogP contribution in [0.1, 0.15) is 17.3 Å². The summed E-state index contributed by atoms with van der Waals surface area (Å²) in [7, 11) is 1.71. The lowest BCUT2D eigenvalue weighted by atomic mass is 10.1. The Balaban J connectivity index is 3.12. The van der Waals surface area contributed by atoms with Gasteiger partial charge in [0.15, 0.2) is 0 Å². The van der Waals surface area contributed by atoms with E-state index in [1.807, 2.05) is 6.92 Å². The number of nitrogen functional groups attached to an aromatic ring is 1. The lowest BCUT2D eigenvalue weighted by molar-refractivity contribution is 0.0803. The van der Waals surface area contributed by atoms with Crippen LogP contribution in [-0.2, 0) is 0 Å². The van der Waals surface area contributed by atoms with Crippen LogP contribution in [0, 0.1) is 0 Å². The molecule has 0 bridgehead atoms. The number of nitrogens with two attached hydrogens (primary N) is 1. The number of amides is 1. The third-order valence-electron chi connectivity index (χ3n) is 2.08. The van der Waals surface area contributed by atoms with Gasteiger partial charge in [0.1, 0.15) is 0 Å². The standard InChI is InChI=1S/C10H13ClN2O/c1-3-13(2)10(14)9-7(11)5-4-6-8(9)12/h4-6H,3,12H2,1-2H3. The minimum atomic E-state index is -0.143. The van der Waals surface area contributed by atoms with E-state index in [1.165, 1.54) is 0 Å². The largest absolute Gasteiger partial charge is 0.398 e. The Kier molecular flexibility index (Phi) is 3.36. The maximum absolute atomic E-state index is 11.8. The number of nitrogens with zero attached hydrogens (tertiary/aromatic N) is 1. The second-order valence-electron chi connectivity index (χ2n) is 3.02. The first-order valence-electron chi connectivity index (χ1n) is 4.37. The van der Waals surface area contributed by atoms with Crippen LogP contribution in [0.15, 0.2) is 18.2 Å². The third kappa shape index (κ3) is 1.99. The predicted octanol–water partition coefficient (Wildman–Crippen LogP) is 2.01. The van der Waals surface area contributed by atoms with Crippen LogP contribution in [0.5, 0.6) is 0 Å². The van der Waals surface area contributed by atoms with E-state index in [9.17, 15) is 4.79 Å². The maximum atomic E-state index is 11.8. The minimum absolute atomic E-state index is 0.143. The van der Waals surface area contributed by atoms with Crippen molar-refractivity contribution in [3.8, 4) is 0 Å². The molecule has 0 saturated carbocycles. The van der Waals surface area contributed by atoms with E-state index in [0.717, 1.165) is 0 Å². The summed E-state index contributed by atoms with van der Waals surface area (Å²) in [6.45, 7) is 2.52. The van der Waals surface area contributed by atoms with Crippen LogP contribution in [0.2, 0.25) is 5.02 Å². The van der Waals surface area contributed by atoms with Crippen molar-refractivity contribution >= 4 is 23.2 Å². The van der Waals surface area contributed by atoms with Gasteiger partial charge in [0.25, 0.3) is 5.91 Å². The van der Waals surface area contributed by atoms with Gasteiger partial charge in [-0.05, 0) is 19.1 Å². The molecule has 2 N–H and O–H groups in total. The van der Waals surface area contributed by atoms with E-state index < -0.39 is 0 Å². The number of rotatable bonds is 2. The summed E-state index contributed by atoms with van der Waals surface area (Å²) in [5.74, 6) is -0.143. The monoisotopic (exact) mass is 212 g/mol. The van der Waals surface area contributed by atoms with Gasteiger partial charge < -0.3 is 10.6 Å². The maximum Gasteiger partial charge on any atom is 0.257 e. The lowest BCUT2D eigenvalue weighted by Crippen LogP contribution is -2.27. The van der Waals surface area contributed by atoms with Gasteiger partial charge in [-0.2, -0.15) is 0 Å². The molecule has 1 amide bonds. The molecular weight excluding hydrogens is 200 g/mol. The third-order valence-corrected chi connectivity index (χ3v) is 2.40. The van der Waals surface area contributed by atoms with Crippen LogP contribution in [-0.4, -0.2) is 24.4 Å². The molecule has 0 aliphatic rings. The molecular formula is C10H13ClN2O. The van der Waals surface area contributed by atoms with E-state index in [2.05, 4.69) is 0 Å². The summed E-state index contributed by atoms with van der Waals surface area (Å²) < 4.78 is 0. The van der Waals surface area contributed by atoms with Crippen LogP contribution in [0.3, 0.4) is 0 Å². The van der Waals surface area contributed by atoms with E-state index in [4.69, 9.17) is 17.3 Å². The summed E-state index contributed by atoms with van der Waals surface area (Å²) in [5.41, 5.74) is 6.49. The number of benzene rings is 1. The molecule has 14 heavy (non-hydrogen) atoms. The Morgan fingerprint density at radius 3 is 2.71 bits per heavy atom. The molecule has 3 nitrogen and oxygen atoms in total. The first-order valence-corrected chi connectivity index (χ1v) is 4.75. The second kappa shape index (κ2) is 4.33. The zero-order valence-corrected chi connectivity index (χ0v) is 9.01. The van der Waals surface area contributed by atoms with Crippen LogP contribution in [0.4, 0.5) is 5.69 Å². The van der Waals surface area contributed by atoms with Crippen LogP contribution < -0.4 is 5.73 Å². The number of anilines is 1. The lowest BCUT2D eigenvalue weighted by Gasteiger charge is -2.16. The molecule has 0 heterocycles. The number of carbonyl (C=O) groups is 1. The van der Waals surface area contributed by atoms with Gasteiger partial charge in [-0.1, -0.05) is 17.7 Å². The zero-order chi connectivity index (χ0) is 10.7. The molecule has 0 atom stereocenters. The molecule has 0 radical (unpaired) electrons. The smallest absolute Gasteiger partial charge is 0.257 e. The summed E-state index contributed by atoms with van der Waals surface area (Å²) >= 11 is 5.90. The van der Waals surface area contributed by atoms with Crippen molar-refractivity contribution < 1.29 is 4.79 Å². The molecule has 0 fully saturated rings. The van der Waals surface area contributed by atoms with Gasteiger partial charge >= 0.3 is 0 Å². The normalized spacial score (nSPS) is 9.93. The van der Waals surface area contributed by atoms with Gasteiger partial charge in [-0.3, -0.25) is 4.79 Å². The predicted molar refractivity (Wildman–Crippen MR) is 58.5 cm³/mol. The quantitative estimate of drug-likeness (QED) is 0.763. The number of carbonyl (C=O) groups excluding carboxylic acids is 1. The average Bonchev–Trinajstić information content (AvgIpc) is 2.16. The van der Waals surface area contributed by atoms with E-state index in [1.54, 1.807) is 30.1 Å². The van der Waals surface area contributed by atoms with Crippen molar-refractivity contribution in [1.82, 2.24) is 4.90 Å². The highest BCUT2D eigenvalue weighted by Gasteiger charge is 2.16. The van der Waals surface area contributed by atoms with Gasteiger partial charge in [-0.25, -0.2) is 0 Å². The molecule has 1 aromatic rings. The SMILES string of the molecule is CCN(C)C(=O)c1c(N)cccc1Cl. The fourth-order valence-electron chi connectivity index (χ4n) is 1.10. The molecule has 76 valence electrons. The topological polar surface area (TPSA) is 46.3 Å². The first-order chi connectivity index (χ1) is 6.57. The Hall–Kier alpha value is -1.22. The number of halogens is 1. The highest BCUT2D eigenvalue weighted by atomic mass is 35.5. The van der Waals surface area contributed by atoms with E-state index in [0.29, 0.717) is 22.8 Å². The van der Waals surface area contributed by atoms with Gasteiger partial charge in [0, 0.05) is 19.3 Å². The summed E-state index contributed by atoms with van der Waals surface area (Å²) in [4.78, 5) is 13.3. The fourth-order valence-corrected chi connectivity index (χ4v) is 1.36. The van der Waals surface area contributed by atoms with E-state index >= 15 is 0 Å². The first kappa shape index (κ1) is 10.9. The Bertz CT molecular complexity index is 332. The fraction of sp³-hybridized carbons (Fsp3) is 0.300. The highest BCUT2D eigenvalue weighted by Crippen LogP contribution is 2.22. The minimum Gasteiger partial charge on any atom is -0.398 e. The van der Waals surface area contributed by atoms with Crippen molar-refractivity contribution in [3.63, 3.8) is 0 Å². The van der Waals surface area contributed by atoms with Crippen molar-refractivity contribution in [2.45, 2.75) is 6.92 Å². The highest BCUT2D eigenvalue weighted by molar-refractivity contribution is 6.34. The van der Waals surface area contributed by atoms with Crippen molar-refractivity contribution in [1.29, 1.82) is 0 Å². The Morgan fingerprint density at radius 1 is 1.57 bits per heavy atom. The Morgan fingerprint density at radius 2 is 2.21 bits per heavy atom. The molecule has 0 spiro atoms. The zero-order valence-electron chi connectivity index (χ0n) is 8.25. The van der Waals surface area contributed by atoms with Crippen molar-refractivity contribution in [2.24, 2.45) is 0 Å². The van der Waals surface area contributed by atoms with Crippen molar-refractivity contribution in [2.75, 3.05) is 19.3 Å². The molecule has 0 aliphatic carbocycles. The van der Waals surface area contributed by atoms with Gasteiger partial charge in [0.05, 0.1) is 10.6 Å². The number of hydrogen-bond donors (Lipinski definition) is 1. The van der Waals surface area contributed by atoms with E-state index in [-0.39, 0.29) is 5.91 Å². The Labute approximate surface area is 88.5 Å². The summed E-state index contributed by atoms with van der Waals surface area (Å²) in [5, 5.41) is 0.398. The van der Waals surface area contributed by atoms with Gasteiger partial charge in [-0.15, -0.1) is 0 Å².